The molecule has 1 heteroatoms. The van der Waals surface area contributed by atoms with Crippen molar-refractivity contribution in [3.8, 4) is 0 Å². The zero-order valence-corrected chi connectivity index (χ0v) is 8.51. The largest absolute Gasteiger partial charge is 0.212 e. The molecule has 1 nitrogen and oxygen atoms in total. The highest BCUT2D eigenvalue weighted by molar-refractivity contribution is 5.16. The minimum Gasteiger partial charge on any atom is -0.212 e. The van der Waals surface area contributed by atoms with Gasteiger partial charge in [0.05, 0.1) is 0 Å². The van der Waals surface area contributed by atoms with Crippen LogP contribution in [0.5, 0.6) is 0 Å². The number of hydrogen-bond donors (Lipinski definition) is 0. The number of allylic oxidation sites excluding steroid dienone is 2. The Morgan fingerprint density at radius 1 is 1.58 bits per heavy atom. The first-order valence-corrected chi connectivity index (χ1v) is 4.49. The summed E-state index contributed by atoms with van der Waals surface area (Å²) in [5, 5.41) is 0. The van der Waals surface area contributed by atoms with E-state index in [2.05, 4.69) is 40.3 Å². The van der Waals surface area contributed by atoms with Gasteiger partial charge in [0.15, 0.2) is 6.20 Å². The highest BCUT2D eigenvalue weighted by Crippen LogP contribution is 2.09. The molecular weight excluding hydrogens is 146 g/mol. The maximum Gasteiger partial charge on any atom is 0.167 e. The van der Waals surface area contributed by atoms with Crippen molar-refractivity contribution in [3.63, 3.8) is 0 Å². The summed E-state index contributed by atoms with van der Waals surface area (Å²) >= 11 is 0. The van der Waals surface area contributed by atoms with Crippen molar-refractivity contribution in [1.29, 1.82) is 0 Å². The molecule has 0 spiro atoms. The van der Waals surface area contributed by atoms with Gasteiger partial charge in [-0.3, -0.25) is 0 Å². The van der Waals surface area contributed by atoms with E-state index < -0.39 is 0 Å². The van der Waals surface area contributed by atoms with Crippen molar-refractivity contribution >= 4 is 6.72 Å². The monoisotopic (exact) mass is 166 g/mol. The topological polar surface area (TPSA) is 3.01 Å². The predicted molar refractivity (Wildman–Crippen MR) is 55.7 cm³/mol. The van der Waals surface area contributed by atoms with Crippen molar-refractivity contribution in [2.45, 2.75) is 27.2 Å². The summed E-state index contributed by atoms with van der Waals surface area (Å²) < 4.78 is 1.98. The van der Waals surface area contributed by atoms with E-state index in [1.54, 1.807) is 0 Å². The second-order valence-corrected chi connectivity index (χ2v) is 3.21. The lowest BCUT2D eigenvalue weighted by molar-refractivity contribution is -0.448. The predicted octanol–water partition coefficient (Wildman–Crippen LogP) is 2.84. The first-order valence-electron chi connectivity index (χ1n) is 4.49. The summed E-state index contributed by atoms with van der Waals surface area (Å²) in [6.07, 6.45) is 5.18. The molecule has 0 aromatic carbocycles. The van der Waals surface area contributed by atoms with Gasteiger partial charge in [0.2, 0.25) is 0 Å². The van der Waals surface area contributed by atoms with Crippen molar-refractivity contribution in [1.82, 2.24) is 0 Å². The van der Waals surface area contributed by atoms with Crippen LogP contribution in [0.4, 0.5) is 0 Å². The molecule has 0 radical (unpaired) electrons. The van der Waals surface area contributed by atoms with Gasteiger partial charge in [-0.05, 0) is 12.5 Å². The lowest BCUT2D eigenvalue weighted by Crippen LogP contribution is -2.04. The molecule has 0 amide bonds. The molecule has 0 N–H and O–H groups in total. The van der Waals surface area contributed by atoms with Gasteiger partial charge in [-0.1, -0.05) is 19.9 Å². The standard InChI is InChI=1S/C11H20N/c1-6-8-12(5)9-11(4)10(3)7-2/h7,9-10H,2,5-6,8H2,1,3-4H3/q+1/b11-9-. The Hall–Kier alpha value is -0.850. The molecule has 0 rings (SSSR count). The Kier molecular flexibility index (Phi) is 5.35. The Balaban J connectivity index is 4.14. The average molecular weight is 166 g/mol. The fraction of sp³-hybridized carbons (Fsp3) is 0.545. The molecule has 0 aromatic heterocycles. The lowest BCUT2D eigenvalue weighted by Gasteiger charge is -2.03. The number of hydrogen-bond acceptors (Lipinski definition) is 0. The van der Waals surface area contributed by atoms with Crippen molar-refractivity contribution < 1.29 is 4.58 Å². The van der Waals surface area contributed by atoms with Crippen LogP contribution in [0.1, 0.15) is 27.2 Å². The molecule has 12 heavy (non-hydrogen) atoms. The first kappa shape index (κ1) is 11.2. The molecule has 0 aromatic rings. The highest BCUT2D eigenvalue weighted by atomic mass is 14.9. The third-order valence-electron chi connectivity index (χ3n) is 1.97. The molecule has 0 saturated heterocycles. The summed E-state index contributed by atoms with van der Waals surface area (Å²) in [6, 6.07) is 0. The van der Waals surface area contributed by atoms with E-state index in [1.165, 1.54) is 5.57 Å². The molecule has 0 aliphatic heterocycles. The van der Waals surface area contributed by atoms with E-state index in [-0.39, 0.29) is 0 Å². The smallest absolute Gasteiger partial charge is 0.167 e. The zero-order valence-electron chi connectivity index (χ0n) is 8.51. The van der Waals surface area contributed by atoms with Crippen LogP contribution in [-0.2, 0) is 0 Å². The van der Waals surface area contributed by atoms with E-state index in [0.717, 1.165) is 13.0 Å². The Morgan fingerprint density at radius 3 is 2.58 bits per heavy atom. The first-order chi connectivity index (χ1) is 5.61. The van der Waals surface area contributed by atoms with E-state index in [0.29, 0.717) is 5.92 Å². The third-order valence-corrected chi connectivity index (χ3v) is 1.97. The van der Waals surface area contributed by atoms with Gasteiger partial charge >= 0.3 is 0 Å². The molecule has 1 unspecified atom stereocenters. The maximum absolute atomic E-state index is 3.91. The van der Waals surface area contributed by atoms with Crippen LogP contribution in [0, 0.1) is 5.92 Å². The van der Waals surface area contributed by atoms with Crippen LogP contribution >= 0.6 is 0 Å². The molecule has 68 valence electrons. The van der Waals surface area contributed by atoms with Gasteiger partial charge in [0.1, 0.15) is 13.3 Å². The summed E-state index contributed by atoms with van der Waals surface area (Å²) in [4.78, 5) is 0. The number of rotatable bonds is 5. The molecular formula is C11H20N+. The highest BCUT2D eigenvalue weighted by Gasteiger charge is 2.02. The van der Waals surface area contributed by atoms with E-state index in [9.17, 15) is 0 Å². The van der Waals surface area contributed by atoms with Gasteiger partial charge < -0.3 is 0 Å². The average Bonchev–Trinajstić information content (AvgIpc) is 2.03. The minimum atomic E-state index is 0.450. The van der Waals surface area contributed by atoms with Crippen LogP contribution in [0.3, 0.4) is 0 Å². The van der Waals surface area contributed by atoms with Gasteiger partial charge in [-0.2, -0.15) is 0 Å². The normalized spacial score (nSPS) is 14.1. The maximum atomic E-state index is 3.91. The van der Waals surface area contributed by atoms with E-state index in [4.69, 9.17) is 0 Å². The van der Waals surface area contributed by atoms with Gasteiger partial charge in [0, 0.05) is 12.3 Å². The summed E-state index contributed by atoms with van der Waals surface area (Å²) in [6.45, 7) is 15.1. The summed E-state index contributed by atoms with van der Waals surface area (Å²) in [5.74, 6) is 0.450. The van der Waals surface area contributed by atoms with Crippen LogP contribution in [0.15, 0.2) is 24.4 Å². The molecule has 0 aliphatic rings. The molecule has 0 heterocycles. The van der Waals surface area contributed by atoms with Gasteiger partial charge in [-0.15, -0.1) is 6.58 Å². The van der Waals surface area contributed by atoms with Crippen molar-refractivity contribution in [3.05, 3.63) is 24.4 Å². The van der Waals surface area contributed by atoms with Crippen LogP contribution in [0.25, 0.3) is 0 Å². The van der Waals surface area contributed by atoms with Crippen LogP contribution in [0.2, 0.25) is 0 Å². The van der Waals surface area contributed by atoms with Gasteiger partial charge in [0.25, 0.3) is 0 Å². The summed E-state index contributed by atoms with van der Waals surface area (Å²) in [7, 11) is 0. The Labute approximate surface area is 76.1 Å². The molecule has 0 saturated carbocycles. The Morgan fingerprint density at radius 2 is 2.17 bits per heavy atom. The Bertz CT molecular complexity index is 189. The molecule has 0 bridgehead atoms. The zero-order chi connectivity index (χ0) is 9.56. The van der Waals surface area contributed by atoms with Crippen LogP contribution in [-0.4, -0.2) is 17.8 Å². The third kappa shape index (κ3) is 4.12. The molecule has 0 aliphatic carbocycles. The fourth-order valence-electron chi connectivity index (χ4n) is 0.943. The van der Waals surface area contributed by atoms with Crippen molar-refractivity contribution in [2.75, 3.05) is 6.54 Å². The second-order valence-electron chi connectivity index (χ2n) is 3.21. The molecule has 1 atom stereocenters. The number of nitrogens with zero attached hydrogens (tertiary/aromatic N) is 1. The fourth-order valence-corrected chi connectivity index (χ4v) is 0.943. The van der Waals surface area contributed by atoms with E-state index in [1.807, 2.05) is 10.7 Å². The minimum absolute atomic E-state index is 0.450. The van der Waals surface area contributed by atoms with Crippen molar-refractivity contribution in [2.24, 2.45) is 5.92 Å². The lowest BCUT2D eigenvalue weighted by atomic mass is 10.0. The SMILES string of the molecule is C=CC(C)/C(C)=C\[N+](=C)CCC. The quantitative estimate of drug-likeness (QED) is 0.335. The van der Waals surface area contributed by atoms with E-state index >= 15 is 0 Å². The molecule has 0 fully saturated rings. The van der Waals surface area contributed by atoms with Crippen LogP contribution < -0.4 is 0 Å². The second kappa shape index (κ2) is 5.76. The van der Waals surface area contributed by atoms with Gasteiger partial charge in [-0.25, -0.2) is 4.58 Å². The summed E-state index contributed by atoms with van der Waals surface area (Å²) in [5.41, 5.74) is 1.31.